The number of hydrogen-bond donors (Lipinski definition) is 1. The Morgan fingerprint density at radius 1 is 1.30 bits per heavy atom. The van der Waals surface area contributed by atoms with Gasteiger partial charge in [0.2, 0.25) is 0 Å². The predicted molar refractivity (Wildman–Crippen MR) is 110 cm³/mol. The van der Waals surface area contributed by atoms with Crippen LogP contribution in [0.1, 0.15) is 39.2 Å². The van der Waals surface area contributed by atoms with Gasteiger partial charge >= 0.3 is 6.03 Å². The Labute approximate surface area is 168 Å². The lowest BCUT2D eigenvalue weighted by Crippen LogP contribution is -2.44. The summed E-state index contributed by atoms with van der Waals surface area (Å²) >= 11 is 8.00. The molecule has 144 valence electrons. The van der Waals surface area contributed by atoms with Gasteiger partial charge in [-0.2, -0.15) is 0 Å². The monoisotopic (exact) mass is 405 g/mol. The Hall–Kier alpha value is -1.79. The second-order valence-corrected chi connectivity index (χ2v) is 8.82. The maximum absolute atomic E-state index is 12.9. The fourth-order valence-electron chi connectivity index (χ4n) is 3.21. The first kappa shape index (κ1) is 20.0. The number of carbonyl (C=O) groups excluding carboxylic acids is 2. The minimum absolute atomic E-state index is 0.119. The molecule has 0 spiro atoms. The third-order valence-corrected chi connectivity index (χ3v) is 6.00. The van der Waals surface area contributed by atoms with E-state index in [1.54, 1.807) is 18.7 Å². The second-order valence-electron chi connectivity index (χ2n) is 7.58. The number of carbonyl (C=O) groups is 2. The van der Waals surface area contributed by atoms with Gasteiger partial charge in [0.1, 0.15) is 10.7 Å². The lowest BCUT2D eigenvalue weighted by atomic mass is 9.92. The van der Waals surface area contributed by atoms with E-state index in [4.69, 9.17) is 11.6 Å². The number of urea groups is 1. The second kappa shape index (κ2) is 7.68. The summed E-state index contributed by atoms with van der Waals surface area (Å²) in [6.45, 7) is 6.12. The molecule has 3 amide bonds. The van der Waals surface area contributed by atoms with Crippen LogP contribution in [0.4, 0.5) is 4.79 Å². The lowest BCUT2D eigenvalue weighted by Gasteiger charge is -2.22. The van der Waals surface area contributed by atoms with E-state index in [0.717, 1.165) is 22.2 Å². The summed E-state index contributed by atoms with van der Waals surface area (Å²) in [5, 5.41) is 4.10. The quantitative estimate of drug-likeness (QED) is 0.423. The van der Waals surface area contributed by atoms with Crippen molar-refractivity contribution in [3.8, 4) is 0 Å². The zero-order valence-corrected chi connectivity index (χ0v) is 17.6. The number of halogens is 1. The molecule has 0 saturated carbocycles. The van der Waals surface area contributed by atoms with E-state index in [9.17, 15) is 9.59 Å². The summed E-state index contributed by atoms with van der Waals surface area (Å²) in [6, 6.07) is 7.50. The van der Waals surface area contributed by atoms with E-state index < -0.39 is 5.54 Å². The van der Waals surface area contributed by atoms with E-state index >= 15 is 0 Å². The minimum atomic E-state index is -0.856. The van der Waals surface area contributed by atoms with Crippen LogP contribution in [0, 0.1) is 5.92 Å². The molecule has 0 aliphatic carbocycles. The standard InChI is InChI=1S/C20H24ClN3O2S/c1-12(2)7-8-20(3)18(25)24(19(26)23-20)11-14-9-13-5-6-15(27-4)10-16(13)22-17(14)21/h5-6,9-10,12H,7-8,11H2,1-4H3,(H,23,26)/t20-/m1/s1. The Morgan fingerprint density at radius 2 is 2.04 bits per heavy atom. The topological polar surface area (TPSA) is 62.3 Å². The van der Waals surface area contributed by atoms with Gasteiger partial charge in [-0.3, -0.25) is 9.69 Å². The van der Waals surface area contributed by atoms with Gasteiger partial charge in [-0.05, 0) is 50.1 Å². The summed E-state index contributed by atoms with van der Waals surface area (Å²) in [6.07, 6.45) is 3.49. The van der Waals surface area contributed by atoms with Crippen LogP contribution in [0.3, 0.4) is 0 Å². The van der Waals surface area contributed by atoms with Crippen LogP contribution in [0.5, 0.6) is 0 Å². The zero-order valence-electron chi connectivity index (χ0n) is 16.0. The van der Waals surface area contributed by atoms with E-state index in [1.807, 2.05) is 30.5 Å². The summed E-state index contributed by atoms with van der Waals surface area (Å²) in [4.78, 5) is 32.1. The van der Waals surface area contributed by atoms with E-state index in [2.05, 4.69) is 24.1 Å². The number of fused-ring (bicyclic) bond motifs is 1. The van der Waals surface area contributed by atoms with E-state index in [0.29, 0.717) is 23.1 Å². The van der Waals surface area contributed by atoms with E-state index in [-0.39, 0.29) is 18.5 Å². The number of nitrogens with zero attached hydrogens (tertiary/aromatic N) is 2. The van der Waals surface area contributed by atoms with Gasteiger partial charge in [0.15, 0.2) is 0 Å². The predicted octanol–water partition coefficient (Wildman–Crippen LogP) is 4.86. The fourth-order valence-corrected chi connectivity index (χ4v) is 3.85. The molecule has 1 aliphatic heterocycles. The molecule has 1 N–H and O–H groups in total. The van der Waals surface area contributed by atoms with Crippen molar-refractivity contribution in [3.63, 3.8) is 0 Å². The molecule has 0 unspecified atom stereocenters. The SMILES string of the molecule is CSc1ccc2cc(CN3C(=O)N[C@](C)(CCC(C)C)C3=O)c(Cl)nc2c1. The number of pyridine rings is 1. The number of amides is 3. The van der Waals surface area contributed by atoms with Crippen molar-refractivity contribution in [1.29, 1.82) is 0 Å². The van der Waals surface area contributed by atoms with Gasteiger partial charge in [-0.1, -0.05) is 31.5 Å². The smallest absolute Gasteiger partial charge is 0.323 e. The lowest BCUT2D eigenvalue weighted by molar-refractivity contribution is -0.131. The first-order valence-corrected chi connectivity index (χ1v) is 10.6. The molecule has 1 aromatic carbocycles. The highest BCUT2D eigenvalue weighted by Gasteiger charge is 2.47. The van der Waals surface area contributed by atoms with Crippen molar-refractivity contribution in [2.45, 2.75) is 50.6 Å². The fraction of sp³-hybridized carbons (Fsp3) is 0.450. The minimum Gasteiger partial charge on any atom is -0.323 e. The molecule has 3 rings (SSSR count). The highest BCUT2D eigenvalue weighted by atomic mass is 35.5. The summed E-state index contributed by atoms with van der Waals surface area (Å²) < 4.78 is 0. The third-order valence-electron chi connectivity index (χ3n) is 4.95. The number of hydrogen-bond acceptors (Lipinski definition) is 4. The molecule has 1 saturated heterocycles. The van der Waals surface area contributed by atoms with Gasteiger partial charge in [-0.15, -0.1) is 11.8 Å². The largest absolute Gasteiger partial charge is 0.325 e. The van der Waals surface area contributed by atoms with Gasteiger partial charge in [-0.25, -0.2) is 9.78 Å². The summed E-state index contributed by atoms with van der Waals surface area (Å²) in [7, 11) is 0. The van der Waals surface area contributed by atoms with E-state index in [1.165, 1.54) is 4.90 Å². The third kappa shape index (κ3) is 4.06. The molecular weight excluding hydrogens is 382 g/mol. The van der Waals surface area contributed by atoms with Gasteiger partial charge in [0.05, 0.1) is 12.1 Å². The number of benzene rings is 1. The molecule has 27 heavy (non-hydrogen) atoms. The molecule has 1 aliphatic rings. The first-order valence-electron chi connectivity index (χ1n) is 9.01. The van der Waals surface area contributed by atoms with Gasteiger partial charge < -0.3 is 5.32 Å². The average Bonchev–Trinajstić information content (AvgIpc) is 2.83. The highest BCUT2D eigenvalue weighted by molar-refractivity contribution is 7.98. The normalized spacial score (nSPS) is 20.0. The number of imide groups is 1. The van der Waals surface area contributed by atoms with Crippen LogP contribution in [-0.2, 0) is 11.3 Å². The number of rotatable bonds is 6. The molecule has 7 heteroatoms. The molecule has 1 aromatic heterocycles. The van der Waals surface area contributed by atoms with Crippen molar-refractivity contribution in [3.05, 3.63) is 35.0 Å². The summed E-state index contributed by atoms with van der Waals surface area (Å²) in [5.74, 6) is 0.257. The van der Waals surface area contributed by atoms with Crippen molar-refractivity contribution in [2.75, 3.05) is 6.26 Å². The molecule has 0 bridgehead atoms. The molecule has 0 radical (unpaired) electrons. The Kier molecular flexibility index (Phi) is 5.68. The van der Waals surface area contributed by atoms with Crippen LogP contribution in [-0.4, -0.2) is 33.6 Å². The molecule has 2 heterocycles. The molecule has 1 atom stereocenters. The van der Waals surface area contributed by atoms with Crippen molar-refractivity contribution < 1.29 is 9.59 Å². The number of thioether (sulfide) groups is 1. The number of nitrogens with one attached hydrogen (secondary N) is 1. The van der Waals surface area contributed by atoms with Gasteiger partial charge in [0, 0.05) is 15.8 Å². The Bertz CT molecular complexity index is 902. The van der Waals surface area contributed by atoms with Crippen molar-refractivity contribution >= 4 is 46.2 Å². The molecule has 5 nitrogen and oxygen atoms in total. The van der Waals surface area contributed by atoms with Crippen LogP contribution in [0.15, 0.2) is 29.2 Å². The van der Waals surface area contributed by atoms with Crippen LogP contribution in [0.25, 0.3) is 10.9 Å². The maximum atomic E-state index is 12.9. The van der Waals surface area contributed by atoms with Crippen LogP contribution >= 0.6 is 23.4 Å². The highest BCUT2D eigenvalue weighted by Crippen LogP contribution is 2.29. The Balaban J connectivity index is 1.85. The molecule has 1 fully saturated rings. The van der Waals surface area contributed by atoms with Gasteiger partial charge in [0.25, 0.3) is 5.91 Å². The zero-order chi connectivity index (χ0) is 19.8. The average molecular weight is 406 g/mol. The Morgan fingerprint density at radius 3 is 2.70 bits per heavy atom. The first-order chi connectivity index (χ1) is 12.7. The van der Waals surface area contributed by atoms with Crippen molar-refractivity contribution in [2.24, 2.45) is 5.92 Å². The van der Waals surface area contributed by atoms with Crippen LogP contribution < -0.4 is 5.32 Å². The van der Waals surface area contributed by atoms with Crippen LogP contribution in [0.2, 0.25) is 5.15 Å². The summed E-state index contributed by atoms with van der Waals surface area (Å²) in [5.41, 5.74) is 0.609. The molecule has 2 aromatic rings. The molecular formula is C20H24ClN3O2S. The van der Waals surface area contributed by atoms with Crippen molar-refractivity contribution in [1.82, 2.24) is 15.2 Å². The number of aromatic nitrogens is 1. The maximum Gasteiger partial charge on any atom is 0.325 e.